The highest BCUT2D eigenvalue weighted by Gasteiger charge is 2.26. The van der Waals surface area contributed by atoms with Crippen LogP contribution in [0.3, 0.4) is 0 Å². The van der Waals surface area contributed by atoms with E-state index >= 15 is 0 Å². The minimum atomic E-state index is -0.675. The molecule has 4 rings (SSSR count). The van der Waals surface area contributed by atoms with E-state index in [9.17, 15) is 14.4 Å². The molecule has 0 aliphatic heterocycles. The van der Waals surface area contributed by atoms with Gasteiger partial charge in [0.05, 0.1) is 23.3 Å². The summed E-state index contributed by atoms with van der Waals surface area (Å²) in [4.78, 5) is 36.9. The summed E-state index contributed by atoms with van der Waals surface area (Å²) >= 11 is 3.84. The number of carbonyl (C=O) groups excluding carboxylic acids is 3. The fourth-order valence-electron chi connectivity index (χ4n) is 3.65. The third-order valence-electron chi connectivity index (χ3n) is 5.25. The Bertz CT molecular complexity index is 1440. The van der Waals surface area contributed by atoms with Crippen molar-refractivity contribution in [2.75, 3.05) is 18.2 Å². The molecule has 4 aromatic rings. The van der Waals surface area contributed by atoms with Gasteiger partial charge in [0.25, 0.3) is 5.91 Å². The molecule has 0 saturated heterocycles. The number of fused-ring (bicyclic) bond motifs is 1. The van der Waals surface area contributed by atoms with Gasteiger partial charge in [-0.1, -0.05) is 30.0 Å². The first-order valence-corrected chi connectivity index (χ1v) is 13.3. The smallest absolute Gasteiger partial charge is 0.341 e. The predicted octanol–water partition coefficient (Wildman–Crippen LogP) is 4.73. The van der Waals surface area contributed by atoms with Crippen LogP contribution in [0, 0.1) is 6.92 Å². The number of nitrogens with zero attached hydrogens (tertiary/aromatic N) is 3. The monoisotopic (exact) mass is 529 g/mol. The molecule has 0 unspecified atom stereocenters. The van der Waals surface area contributed by atoms with E-state index in [1.165, 1.54) is 18.9 Å². The van der Waals surface area contributed by atoms with Gasteiger partial charge in [-0.3, -0.25) is 14.2 Å². The van der Waals surface area contributed by atoms with E-state index in [0.717, 1.165) is 32.8 Å². The second-order valence-corrected chi connectivity index (χ2v) is 10.7. The Morgan fingerprint density at radius 3 is 2.66 bits per heavy atom. The van der Waals surface area contributed by atoms with E-state index in [2.05, 4.69) is 33.0 Å². The first-order valence-electron chi connectivity index (χ1n) is 10.6. The molecule has 0 spiro atoms. The zero-order valence-corrected chi connectivity index (χ0v) is 21.9. The van der Waals surface area contributed by atoms with E-state index in [1.54, 1.807) is 18.3 Å². The molecule has 12 heteroatoms. The van der Waals surface area contributed by atoms with Crippen molar-refractivity contribution in [1.29, 1.82) is 0 Å². The quantitative estimate of drug-likeness (QED) is 0.249. The number of ether oxygens (including phenoxy) is 1. The second kappa shape index (κ2) is 10.2. The van der Waals surface area contributed by atoms with E-state index in [1.807, 2.05) is 30.5 Å². The number of benzene rings is 1. The first-order chi connectivity index (χ1) is 16.7. The largest absolute Gasteiger partial charge is 0.465 e. The molecule has 1 aromatic carbocycles. The highest BCUT2D eigenvalue weighted by Crippen LogP contribution is 2.36. The molecule has 0 radical (unpaired) electrons. The van der Waals surface area contributed by atoms with Gasteiger partial charge in [-0.05, 0) is 32.4 Å². The van der Waals surface area contributed by atoms with Crippen LogP contribution in [0.25, 0.3) is 21.5 Å². The van der Waals surface area contributed by atoms with Crippen molar-refractivity contribution in [3.8, 4) is 11.4 Å². The average molecular weight is 530 g/mol. The fourth-order valence-corrected chi connectivity index (χ4v) is 6.52. The topological polar surface area (TPSA) is 129 Å². The van der Waals surface area contributed by atoms with Gasteiger partial charge in [-0.25, -0.2) is 4.79 Å². The number of thiophene rings is 2. The van der Waals surface area contributed by atoms with Crippen molar-refractivity contribution in [1.82, 2.24) is 14.8 Å². The highest BCUT2D eigenvalue weighted by atomic mass is 32.2. The highest BCUT2D eigenvalue weighted by molar-refractivity contribution is 7.99. The predicted molar refractivity (Wildman–Crippen MR) is 139 cm³/mol. The van der Waals surface area contributed by atoms with Gasteiger partial charge >= 0.3 is 5.97 Å². The van der Waals surface area contributed by atoms with Crippen molar-refractivity contribution in [3.63, 3.8) is 0 Å². The number of anilines is 1. The Labute approximate surface area is 213 Å². The number of carbonyl (C=O) groups is 3. The lowest BCUT2D eigenvalue weighted by Crippen LogP contribution is -2.16. The Morgan fingerprint density at radius 2 is 1.97 bits per heavy atom. The molecule has 0 fully saturated rings. The van der Waals surface area contributed by atoms with Gasteiger partial charge in [-0.15, -0.1) is 32.9 Å². The molecule has 35 heavy (non-hydrogen) atoms. The minimum absolute atomic E-state index is 0.0265. The van der Waals surface area contributed by atoms with Gasteiger partial charge < -0.3 is 15.8 Å². The summed E-state index contributed by atoms with van der Waals surface area (Å²) in [6, 6.07) is 8.19. The molecule has 3 N–H and O–H groups in total. The molecule has 0 bridgehead atoms. The number of nitrogens with one attached hydrogen (secondary N) is 1. The molecule has 0 saturated carbocycles. The third-order valence-corrected chi connectivity index (χ3v) is 8.38. The Kier molecular flexibility index (Phi) is 7.24. The molecular weight excluding hydrogens is 506 g/mol. The van der Waals surface area contributed by atoms with Gasteiger partial charge in [0.15, 0.2) is 11.0 Å². The lowest BCUT2D eigenvalue weighted by atomic mass is 10.1. The molecule has 3 aromatic heterocycles. The lowest BCUT2D eigenvalue weighted by molar-refractivity contribution is -0.113. The van der Waals surface area contributed by atoms with Crippen LogP contribution in [0.15, 0.2) is 34.8 Å². The van der Waals surface area contributed by atoms with Crippen LogP contribution in [-0.2, 0) is 9.53 Å². The van der Waals surface area contributed by atoms with Gasteiger partial charge in [0, 0.05) is 27.1 Å². The van der Waals surface area contributed by atoms with Crippen LogP contribution in [0.5, 0.6) is 0 Å². The summed E-state index contributed by atoms with van der Waals surface area (Å²) < 4.78 is 7.98. The number of amides is 2. The molecule has 182 valence electrons. The number of aromatic nitrogens is 3. The summed E-state index contributed by atoms with van der Waals surface area (Å²) in [6.07, 6.45) is 0. The molecule has 0 aliphatic rings. The summed E-state index contributed by atoms with van der Waals surface area (Å²) in [5, 5.41) is 15.5. The maximum atomic E-state index is 12.8. The Hall–Kier alpha value is -3.22. The molecule has 9 nitrogen and oxygen atoms in total. The molecule has 2 amide bonds. The Balaban J connectivity index is 1.56. The van der Waals surface area contributed by atoms with E-state index in [-0.39, 0.29) is 33.1 Å². The summed E-state index contributed by atoms with van der Waals surface area (Å²) in [7, 11) is 1.23. The number of hydrogen-bond donors (Lipinski definition) is 2. The third kappa shape index (κ3) is 4.81. The molecular formula is C23H23N5O4S3. The van der Waals surface area contributed by atoms with Crippen LogP contribution in [0.1, 0.15) is 45.5 Å². The van der Waals surface area contributed by atoms with E-state index in [4.69, 9.17) is 10.5 Å². The van der Waals surface area contributed by atoms with Crippen molar-refractivity contribution >= 4 is 67.3 Å². The molecule has 3 heterocycles. The molecule has 0 atom stereocenters. The summed E-state index contributed by atoms with van der Waals surface area (Å²) in [6.45, 7) is 5.66. The zero-order chi connectivity index (χ0) is 25.3. The Morgan fingerprint density at radius 1 is 1.23 bits per heavy atom. The number of nitrogens with two attached hydrogens (primary N) is 1. The standard InChI is InChI=1S/C23H23N5O4S3/c1-11(2)28-20(14-9-33-15-8-6-5-7-13(14)15)26-27-23(28)34-10-16(29)25-21-17(22(31)32-4)12(3)18(35-21)19(24)30/h5-9,11H,10H2,1-4H3,(H2,24,30)(H,25,29). The van der Waals surface area contributed by atoms with Crippen LogP contribution in [-0.4, -0.2) is 45.4 Å². The van der Waals surface area contributed by atoms with Crippen molar-refractivity contribution in [2.45, 2.75) is 32.0 Å². The first kappa shape index (κ1) is 24.9. The molecule has 0 aliphatic carbocycles. The number of primary amides is 1. The number of thioether (sulfide) groups is 1. The van der Waals surface area contributed by atoms with Crippen molar-refractivity contribution in [2.24, 2.45) is 5.73 Å². The second-order valence-electron chi connectivity index (χ2n) is 7.87. The summed E-state index contributed by atoms with van der Waals surface area (Å²) in [5.41, 5.74) is 6.92. The van der Waals surface area contributed by atoms with Crippen LogP contribution < -0.4 is 11.1 Å². The lowest BCUT2D eigenvalue weighted by Gasteiger charge is -2.13. The average Bonchev–Trinajstić information content (AvgIpc) is 3.52. The zero-order valence-electron chi connectivity index (χ0n) is 19.4. The number of methoxy groups -OCH3 is 1. The number of hydrogen-bond acceptors (Lipinski definition) is 9. The van der Waals surface area contributed by atoms with Gasteiger partial charge in [0.1, 0.15) is 5.00 Å². The maximum Gasteiger partial charge on any atom is 0.341 e. The number of esters is 1. The minimum Gasteiger partial charge on any atom is -0.465 e. The van der Waals surface area contributed by atoms with Crippen LogP contribution in [0.4, 0.5) is 5.00 Å². The van der Waals surface area contributed by atoms with Gasteiger partial charge in [-0.2, -0.15) is 0 Å². The summed E-state index contributed by atoms with van der Waals surface area (Å²) in [5.74, 6) is -0.919. The van der Waals surface area contributed by atoms with Crippen LogP contribution in [0.2, 0.25) is 0 Å². The number of rotatable bonds is 8. The van der Waals surface area contributed by atoms with E-state index < -0.39 is 11.9 Å². The van der Waals surface area contributed by atoms with E-state index in [0.29, 0.717) is 10.7 Å². The SMILES string of the molecule is COC(=O)c1c(NC(=O)CSc2nnc(-c3csc4ccccc34)n2C(C)C)sc(C(N)=O)c1C. The van der Waals surface area contributed by atoms with Gasteiger partial charge in [0.2, 0.25) is 5.91 Å². The fraction of sp³-hybridized carbons (Fsp3) is 0.261. The maximum absolute atomic E-state index is 12.8. The van der Waals surface area contributed by atoms with Crippen LogP contribution >= 0.6 is 34.4 Å². The van der Waals surface area contributed by atoms with Crippen molar-refractivity contribution < 1.29 is 19.1 Å². The van der Waals surface area contributed by atoms with Crippen molar-refractivity contribution in [3.05, 3.63) is 45.6 Å². The normalized spacial score (nSPS) is 11.2.